The van der Waals surface area contributed by atoms with Gasteiger partial charge < -0.3 is 19.9 Å². The maximum absolute atomic E-state index is 11.1. The molecule has 2 aromatic rings. The molecule has 24 heavy (non-hydrogen) atoms. The molecule has 1 aromatic carbocycles. The van der Waals surface area contributed by atoms with Crippen LogP contribution in [-0.4, -0.2) is 37.3 Å². The van der Waals surface area contributed by atoms with E-state index in [0.29, 0.717) is 12.2 Å². The third-order valence-electron chi connectivity index (χ3n) is 3.40. The molecule has 1 aromatic heterocycles. The van der Waals surface area contributed by atoms with E-state index in [1.54, 1.807) is 7.05 Å². The van der Waals surface area contributed by atoms with Gasteiger partial charge in [-0.25, -0.2) is 4.79 Å². The van der Waals surface area contributed by atoms with Crippen LogP contribution in [0.2, 0.25) is 0 Å². The van der Waals surface area contributed by atoms with Gasteiger partial charge in [-0.3, -0.25) is 10.3 Å². The standard InChI is InChI=1S/C17H23N5O2/c1-18-16(19-9-12-22-10-3-4-11-22)20-13-14-5-7-15(8-6-14)21-17(23)24-2/h3-8,10-11H,9,12-13H2,1-2H3,(H,21,23)(H2,18,19,20). The van der Waals surface area contributed by atoms with Crippen molar-refractivity contribution in [1.29, 1.82) is 0 Å². The van der Waals surface area contributed by atoms with E-state index in [-0.39, 0.29) is 0 Å². The molecule has 0 radical (unpaired) electrons. The molecule has 1 heterocycles. The molecule has 0 atom stereocenters. The molecule has 0 bridgehead atoms. The number of benzene rings is 1. The number of rotatable bonds is 6. The Labute approximate surface area is 141 Å². The molecule has 7 heteroatoms. The molecule has 0 unspecified atom stereocenters. The maximum Gasteiger partial charge on any atom is 0.411 e. The van der Waals surface area contributed by atoms with Gasteiger partial charge in [0.25, 0.3) is 0 Å². The molecule has 0 aliphatic rings. The fourth-order valence-corrected chi connectivity index (χ4v) is 2.10. The summed E-state index contributed by atoms with van der Waals surface area (Å²) in [4.78, 5) is 15.3. The van der Waals surface area contributed by atoms with Crippen LogP contribution in [0.25, 0.3) is 0 Å². The minimum atomic E-state index is -0.479. The van der Waals surface area contributed by atoms with E-state index < -0.39 is 6.09 Å². The summed E-state index contributed by atoms with van der Waals surface area (Å²) in [5.74, 6) is 0.749. The van der Waals surface area contributed by atoms with Crippen molar-refractivity contribution < 1.29 is 9.53 Å². The van der Waals surface area contributed by atoms with Crippen LogP contribution in [0.15, 0.2) is 53.8 Å². The normalized spacial score (nSPS) is 11.0. The first-order valence-electron chi connectivity index (χ1n) is 7.70. The molecule has 0 fully saturated rings. The summed E-state index contributed by atoms with van der Waals surface area (Å²) in [5, 5.41) is 9.14. The Balaban J connectivity index is 1.75. The van der Waals surface area contributed by atoms with Gasteiger partial charge >= 0.3 is 6.09 Å². The Hall–Kier alpha value is -2.96. The first-order chi connectivity index (χ1) is 11.7. The smallest absolute Gasteiger partial charge is 0.411 e. The number of carbonyl (C=O) groups excluding carboxylic acids is 1. The molecule has 0 saturated heterocycles. The van der Waals surface area contributed by atoms with Gasteiger partial charge in [-0.15, -0.1) is 0 Å². The third-order valence-corrected chi connectivity index (χ3v) is 3.40. The summed E-state index contributed by atoms with van der Waals surface area (Å²) in [6.07, 6.45) is 3.58. The van der Waals surface area contributed by atoms with Gasteiger partial charge in [-0.1, -0.05) is 12.1 Å². The van der Waals surface area contributed by atoms with E-state index in [0.717, 1.165) is 24.6 Å². The largest absolute Gasteiger partial charge is 0.453 e. The number of nitrogens with zero attached hydrogens (tertiary/aromatic N) is 2. The lowest BCUT2D eigenvalue weighted by Gasteiger charge is -2.12. The van der Waals surface area contributed by atoms with Crippen LogP contribution in [0.1, 0.15) is 5.56 Å². The third kappa shape index (κ3) is 5.68. The Bertz CT molecular complexity index is 650. The van der Waals surface area contributed by atoms with Gasteiger partial charge in [0.05, 0.1) is 7.11 Å². The molecule has 1 amide bonds. The number of aromatic nitrogens is 1. The molecular weight excluding hydrogens is 306 g/mol. The highest BCUT2D eigenvalue weighted by atomic mass is 16.5. The fourth-order valence-electron chi connectivity index (χ4n) is 2.10. The summed E-state index contributed by atoms with van der Waals surface area (Å²) < 4.78 is 6.66. The Morgan fingerprint density at radius 3 is 2.50 bits per heavy atom. The second-order valence-electron chi connectivity index (χ2n) is 5.09. The highest BCUT2D eigenvalue weighted by molar-refractivity contribution is 5.84. The summed E-state index contributed by atoms with van der Waals surface area (Å²) in [7, 11) is 3.08. The average Bonchev–Trinajstić information content (AvgIpc) is 3.12. The van der Waals surface area contributed by atoms with Crippen LogP contribution >= 0.6 is 0 Å². The number of amides is 1. The molecule has 0 saturated carbocycles. The molecule has 3 N–H and O–H groups in total. The van der Waals surface area contributed by atoms with Crippen molar-refractivity contribution in [1.82, 2.24) is 15.2 Å². The van der Waals surface area contributed by atoms with Crippen LogP contribution in [-0.2, 0) is 17.8 Å². The number of hydrogen-bond donors (Lipinski definition) is 3. The van der Waals surface area contributed by atoms with E-state index in [9.17, 15) is 4.79 Å². The molecule has 0 aliphatic carbocycles. The average molecular weight is 329 g/mol. The van der Waals surface area contributed by atoms with Crippen LogP contribution < -0.4 is 16.0 Å². The summed E-state index contributed by atoms with van der Waals surface area (Å²) in [6.45, 7) is 2.31. The summed E-state index contributed by atoms with van der Waals surface area (Å²) >= 11 is 0. The van der Waals surface area contributed by atoms with Gasteiger partial charge in [0.15, 0.2) is 5.96 Å². The second-order valence-corrected chi connectivity index (χ2v) is 5.09. The number of anilines is 1. The lowest BCUT2D eigenvalue weighted by Crippen LogP contribution is -2.38. The van der Waals surface area contributed by atoms with E-state index in [1.807, 2.05) is 48.8 Å². The second kappa shape index (κ2) is 9.24. The number of ether oxygens (including phenoxy) is 1. The quantitative estimate of drug-likeness (QED) is 0.560. The number of nitrogens with one attached hydrogen (secondary N) is 3. The lowest BCUT2D eigenvalue weighted by atomic mass is 10.2. The Kier molecular flexibility index (Phi) is 6.70. The zero-order valence-corrected chi connectivity index (χ0v) is 14.0. The van der Waals surface area contributed by atoms with Crippen molar-refractivity contribution in [2.45, 2.75) is 13.1 Å². The maximum atomic E-state index is 11.1. The fraction of sp³-hybridized carbons (Fsp3) is 0.294. The van der Waals surface area contributed by atoms with Crippen LogP contribution in [0.4, 0.5) is 10.5 Å². The predicted octanol–water partition coefficient (Wildman–Crippen LogP) is 2.03. The Morgan fingerprint density at radius 2 is 1.88 bits per heavy atom. The van der Waals surface area contributed by atoms with Gasteiger partial charge in [0, 0.05) is 44.8 Å². The van der Waals surface area contributed by atoms with E-state index >= 15 is 0 Å². The topological polar surface area (TPSA) is 79.7 Å². The Morgan fingerprint density at radius 1 is 1.17 bits per heavy atom. The zero-order chi connectivity index (χ0) is 17.2. The van der Waals surface area contributed by atoms with Crippen LogP contribution in [0.5, 0.6) is 0 Å². The number of aliphatic imine (C=N–C) groups is 1. The van der Waals surface area contributed by atoms with Gasteiger partial charge in [0.2, 0.25) is 0 Å². The lowest BCUT2D eigenvalue weighted by molar-refractivity contribution is 0.187. The number of guanidine groups is 1. The van der Waals surface area contributed by atoms with E-state index in [2.05, 4.69) is 30.2 Å². The van der Waals surface area contributed by atoms with E-state index in [4.69, 9.17) is 0 Å². The molecule has 2 rings (SSSR count). The van der Waals surface area contributed by atoms with Gasteiger partial charge in [-0.05, 0) is 29.8 Å². The van der Waals surface area contributed by atoms with Crippen molar-refractivity contribution in [2.24, 2.45) is 4.99 Å². The molecule has 7 nitrogen and oxygen atoms in total. The minimum Gasteiger partial charge on any atom is -0.453 e. The SMILES string of the molecule is CN=C(NCCn1cccc1)NCc1ccc(NC(=O)OC)cc1. The molecule has 128 valence electrons. The van der Waals surface area contributed by atoms with Gasteiger partial charge in [-0.2, -0.15) is 0 Å². The molecular formula is C17H23N5O2. The number of methoxy groups -OCH3 is 1. The molecule has 0 aliphatic heterocycles. The van der Waals surface area contributed by atoms with Crippen molar-refractivity contribution in [3.63, 3.8) is 0 Å². The van der Waals surface area contributed by atoms with Crippen molar-refractivity contribution in [2.75, 3.05) is 26.0 Å². The van der Waals surface area contributed by atoms with Crippen molar-refractivity contribution >= 4 is 17.7 Å². The predicted molar refractivity (Wildman–Crippen MR) is 95.1 cm³/mol. The number of carbonyl (C=O) groups is 1. The highest BCUT2D eigenvalue weighted by Gasteiger charge is 2.01. The van der Waals surface area contributed by atoms with Crippen molar-refractivity contribution in [3.8, 4) is 0 Å². The molecule has 0 spiro atoms. The van der Waals surface area contributed by atoms with Crippen LogP contribution in [0.3, 0.4) is 0 Å². The van der Waals surface area contributed by atoms with Crippen LogP contribution in [0, 0.1) is 0 Å². The summed E-state index contributed by atoms with van der Waals surface area (Å²) in [5.41, 5.74) is 1.78. The highest BCUT2D eigenvalue weighted by Crippen LogP contribution is 2.09. The first-order valence-corrected chi connectivity index (χ1v) is 7.70. The van der Waals surface area contributed by atoms with E-state index in [1.165, 1.54) is 7.11 Å². The van der Waals surface area contributed by atoms with Crippen molar-refractivity contribution in [3.05, 3.63) is 54.4 Å². The minimum absolute atomic E-state index is 0.479. The first kappa shape index (κ1) is 17.4. The zero-order valence-electron chi connectivity index (χ0n) is 14.0. The van der Waals surface area contributed by atoms with Gasteiger partial charge in [0.1, 0.15) is 0 Å². The monoisotopic (exact) mass is 329 g/mol. The number of hydrogen-bond acceptors (Lipinski definition) is 3. The summed E-state index contributed by atoms with van der Waals surface area (Å²) in [6, 6.07) is 11.5.